The van der Waals surface area contributed by atoms with Crippen LogP contribution in [0.3, 0.4) is 0 Å². The summed E-state index contributed by atoms with van der Waals surface area (Å²) in [5.41, 5.74) is 3.13. The van der Waals surface area contributed by atoms with Gasteiger partial charge in [-0.2, -0.15) is 0 Å². The third-order valence-electron chi connectivity index (χ3n) is 7.77. The Labute approximate surface area is 274 Å². The second-order valence-electron chi connectivity index (χ2n) is 14.5. The van der Waals surface area contributed by atoms with E-state index in [1.807, 2.05) is 0 Å². The number of fused-ring (bicyclic) bond motifs is 1. The van der Waals surface area contributed by atoms with Gasteiger partial charge in [-0.15, -0.1) is 0 Å². The molecular weight excluding hydrogens is 608 g/mol. The number of rotatable bonds is 11. The Morgan fingerprint density at radius 3 is 1.70 bits per heavy atom. The molecule has 0 spiro atoms. The molecule has 7 N–H and O–H groups in total. The van der Waals surface area contributed by atoms with Crippen molar-refractivity contribution in [2.75, 3.05) is 5.32 Å². The molecule has 258 valence electrons. The first-order chi connectivity index (χ1) is 21.4. The van der Waals surface area contributed by atoms with Gasteiger partial charge in [-0.3, -0.25) is 28.8 Å². The Morgan fingerprint density at radius 2 is 1.21 bits per heavy atom. The van der Waals surface area contributed by atoms with Gasteiger partial charge in [-0.05, 0) is 56.2 Å². The number of nitrogens with one attached hydrogen (secondary N) is 5. The molecule has 0 radical (unpaired) electrons. The molecule has 0 aliphatic heterocycles. The number of nitrogens with two attached hydrogens (primary N) is 1. The SMILES string of the molecule is CC(=O)N[C@H](C(=O)N[C@H](C(=O)N[C@H](C(=O)N[C@@H](C)C(=O)Nc1ccc2c(C)cc(=O)oc2c1)C(C)(C)C(N)=O)C(C)(C)C)C(C)(C)C. The number of benzene rings is 1. The zero-order valence-electron chi connectivity index (χ0n) is 29.0. The van der Waals surface area contributed by atoms with E-state index in [4.69, 9.17) is 10.2 Å². The van der Waals surface area contributed by atoms with Crippen molar-refractivity contribution in [1.82, 2.24) is 21.3 Å². The maximum atomic E-state index is 13.8. The van der Waals surface area contributed by atoms with E-state index in [-0.39, 0.29) is 5.58 Å². The van der Waals surface area contributed by atoms with Crippen molar-refractivity contribution in [2.45, 2.75) is 100 Å². The van der Waals surface area contributed by atoms with Gasteiger partial charge >= 0.3 is 5.63 Å². The second kappa shape index (κ2) is 14.3. The van der Waals surface area contributed by atoms with Crippen LogP contribution in [0.15, 0.2) is 33.5 Å². The molecule has 4 atom stereocenters. The lowest BCUT2D eigenvalue weighted by atomic mass is 9.80. The highest BCUT2D eigenvalue weighted by Gasteiger charge is 2.45. The molecule has 0 saturated carbocycles. The highest BCUT2D eigenvalue weighted by molar-refractivity contribution is 6.01. The number of carbonyl (C=O) groups excluding carboxylic acids is 6. The maximum Gasteiger partial charge on any atom is 0.336 e. The number of carbonyl (C=O) groups is 6. The van der Waals surface area contributed by atoms with Gasteiger partial charge in [-0.1, -0.05) is 41.5 Å². The first kappa shape index (κ1) is 38.4. The van der Waals surface area contributed by atoms with Gasteiger partial charge in [0.1, 0.15) is 29.8 Å². The van der Waals surface area contributed by atoms with Crippen LogP contribution in [0.1, 0.15) is 74.8 Å². The standard InChI is InChI=1S/C33H48N6O8/c1-16-14-22(41)47-21-15-19(12-13-20(16)21)37-26(42)17(2)35-29(45)25(33(10,11)30(34)46)39-28(44)24(32(7,8)9)38-27(43)23(31(4,5)6)36-18(3)40/h12-15,17,23-25H,1-11H3,(H2,34,46)(H,35,45)(H,36,40)(H,37,42)(H,38,43)(H,39,44)/t17-,23+,24+,25+/m0/s1. The Kier molecular flexibility index (Phi) is 11.7. The average Bonchev–Trinajstić information content (AvgIpc) is 2.91. The van der Waals surface area contributed by atoms with Crippen molar-refractivity contribution in [3.63, 3.8) is 0 Å². The van der Waals surface area contributed by atoms with Crippen LogP contribution in [0.4, 0.5) is 5.69 Å². The molecule has 2 rings (SSSR count). The summed E-state index contributed by atoms with van der Waals surface area (Å²) in [4.78, 5) is 89.9. The summed E-state index contributed by atoms with van der Waals surface area (Å²) in [5.74, 6) is -4.27. The lowest BCUT2D eigenvalue weighted by molar-refractivity contribution is -0.141. The lowest BCUT2D eigenvalue weighted by Gasteiger charge is -2.37. The van der Waals surface area contributed by atoms with E-state index in [1.54, 1.807) is 60.6 Å². The fourth-order valence-electron chi connectivity index (χ4n) is 4.74. The monoisotopic (exact) mass is 656 g/mol. The van der Waals surface area contributed by atoms with E-state index in [9.17, 15) is 33.6 Å². The molecule has 0 bridgehead atoms. The largest absolute Gasteiger partial charge is 0.423 e. The van der Waals surface area contributed by atoms with Crippen molar-refractivity contribution in [3.8, 4) is 0 Å². The zero-order valence-corrected chi connectivity index (χ0v) is 29.0. The summed E-state index contributed by atoms with van der Waals surface area (Å²) >= 11 is 0. The number of aryl methyl sites for hydroxylation is 1. The quantitative estimate of drug-likeness (QED) is 0.195. The number of anilines is 1. The predicted octanol–water partition coefficient (Wildman–Crippen LogP) is 1.62. The molecule has 0 aliphatic carbocycles. The predicted molar refractivity (Wildman–Crippen MR) is 177 cm³/mol. The molecule has 47 heavy (non-hydrogen) atoms. The van der Waals surface area contributed by atoms with Crippen LogP contribution < -0.4 is 37.9 Å². The van der Waals surface area contributed by atoms with Crippen LogP contribution in [0.5, 0.6) is 0 Å². The van der Waals surface area contributed by atoms with E-state index in [0.29, 0.717) is 16.6 Å². The van der Waals surface area contributed by atoms with Gasteiger partial charge in [0.2, 0.25) is 35.4 Å². The molecule has 0 saturated heterocycles. The number of amides is 6. The summed E-state index contributed by atoms with van der Waals surface area (Å²) in [6.45, 7) is 17.5. The van der Waals surface area contributed by atoms with E-state index in [0.717, 1.165) is 0 Å². The molecule has 1 aromatic heterocycles. The summed E-state index contributed by atoms with van der Waals surface area (Å²) in [7, 11) is 0. The van der Waals surface area contributed by atoms with Gasteiger partial charge in [0.05, 0.1) is 5.41 Å². The molecule has 0 unspecified atom stereocenters. The van der Waals surface area contributed by atoms with Crippen molar-refractivity contribution < 1.29 is 33.2 Å². The van der Waals surface area contributed by atoms with E-state index in [1.165, 1.54) is 39.8 Å². The third kappa shape index (κ3) is 9.87. The summed E-state index contributed by atoms with van der Waals surface area (Å²) < 4.78 is 5.23. The Bertz CT molecular complexity index is 1620. The van der Waals surface area contributed by atoms with Gasteiger partial charge in [0.15, 0.2) is 0 Å². The number of hydrogen-bond donors (Lipinski definition) is 6. The molecule has 14 nitrogen and oxygen atoms in total. The molecular formula is C33H48N6O8. The van der Waals surface area contributed by atoms with Crippen LogP contribution in [-0.2, 0) is 28.8 Å². The second-order valence-corrected chi connectivity index (χ2v) is 14.5. The van der Waals surface area contributed by atoms with E-state index in [2.05, 4.69) is 26.6 Å². The van der Waals surface area contributed by atoms with Crippen molar-refractivity contribution in [2.24, 2.45) is 22.0 Å². The fourth-order valence-corrected chi connectivity index (χ4v) is 4.74. The molecule has 1 aromatic carbocycles. The lowest BCUT2D eigenvalue weighted by Crippen LogP contribution is -2.65. The first-order valence-electron chi connectivity index (χ1n) is 15.2. The number of primary amides is 1. The zero-order chi connectivity index (χ0) is 36.2. The van der Waals surface area contributed by atoms with Gasteiger partial charge in [0, 0.05) is 30.1 Å². The molecule has 6 amide bonds. The Hall–Kier alpha value is -4.75. The minimum Gasteiger partial charge on any atom is -0.423 e. The summed E-state index contributed by atoms with van der Waals surface area (Å²) in [6.07, 6.45) is 0. The minimum atomic E-state index is -1.64. The van der Waals surface area contributed by atoms with Crippen molar-refractivity contribution in [3.05, 3.63) is 40.2 Å². The minimum absolute atomic E-state index is 0.266. The molecule has 0 fully saturated rings. The number of hydrogen-bond acceptors (Lipinski definition) is 8. The van der Waals surface area contributed by atoms with Gasteiger partial charge < -0.3 is 36.7 Å². The van der Waals surface area contributed by atoms with Crippen LogP contribution in [0, 0.1) is 23.2 Å². The normalized spacial score (nSPS) is 14.6. The van der Waals surface area contributed by atoms with Crippen LogP contribution >= 0.6 is 0 Å². The van der Waals surface area contributed by atoms with Gasteiger partial charge in [0.25, 0.3) is 0 Å². The average molecular weight is 657 g/mol. The molecule has 1 heterocycles. The highest BCUT2D eigenvalue weighted by Crippen LogP contribution is 2.26. The summed E-state index contributed by atoms with van der Waals surface area (Å²) in [6, 6.07) is 1.20. The molecule has 0 aliphatic rings. The Balaban J connectivity index is 2.32. The van der Waals surface area contributed by atoms with E-state index < -0.39 is 81.5 Å². The first-order valence-corrected chi connectivity index (χ1v) is 15.2. The molecule has 2 aromatic rings. The van der Waals surface area contributed by atoms with Crippen LogP contribution in [-0.4, -0.2) is 59.6 Å². The van der Waals surface area contributed by atoms with Crippen molar-refractivity contribution >= 4 is 52.1 Å². The Morgan fingerprint density at radius 1 is 0.723 bits per heavy atom. The van der Waals surface area contributed by atoms with Crippen LogP contribution in [0.25, 0.3) is 11.0 Å². The highest BCUT2D eigenvalue weighted by atomic mass is 16.4. The third-order valence-corrected chi connectivity index (χ3v) is 7.77. The smallest absolute Gasteiger partial charge is 0.336 e. The molecule has 14 heteroatoms. The summed E-state index contributed by atoms with van der Waals surface area (Å²) in [5, 5.41) is 13.7. The van der Waals surface area contributed by atoms with Crippen LogP contribution in [0.2, 0.25) is 0 Å². The van der Waals surface area contributed by atoms with Crippen molar-refractivity contribution in [1.29, 1.82) is 0 Å². The van der Waals surface area contributed by atoms with E-state index >= 15 is 0 Å². The fraction of sp³-hybridized carbons (Fsp3) is 0.545. The van der Waals surface area contributed by atoms with Gasteiger partial charge in [-0.25, -0.2) is 4.79 Å². The topological polar surface area (TPSA) is 219 Å². The maximum absolute atomic E-state index is 13.8.